The molecule has 0 saturated heterocycles. The molecular formula is C25H28N4O2. The first kappa shape index (κ1) is 22.0. The Bertz CT molecular complexity index is 1000. The van der Waals surface area contributed by atoms with Gasteiger partial charge < -0.3 is 15.5 Å². The fourth-order valence-corrected chi connectivity index (χ4v) is 3.19. The van der Waals surface area contributed by atoms with Crippen LogP contribution in [0.5, 0.6) is 0 Å². The second-order valence-corrected chi connectivity index (χ2v) is 7.25. The highest BCUT2D eigenvalue weighted by Crippen LogP contribution is 2.25. The summed E-state index contributed by atoms with van der Waals surface area (Å²) >= 11 is 0. The summed E-state index contributed by atoms with van der Waals surface area (Å²) in [5, 5.41) is 5.84. The molecule has 6 nitrogen and oxygen atoms in total. The normalized spacial score (nSPS) is 10.4. The molecule has 0 aliphatic carbocycles. The topological polar surface area (TPSA) is 74.3 Å². The molecule has 0 fully saturated rings. The zero-order chi connectivity index (χ0) is 22.1. The maximum atomic E-state index is 12.5. The molecule has 0 aliphatic rings. The minimum atomic E-state index is -0.102. The summed E-state index contributed by atoms with van der Waals surface area (Å²) in [5.41, 5.74) is 3.94. The van der Waals surface area contributed by atoms with Gasteiger partial charge in [0.15, 0.2) is 0 Å². The predicted octanol–water partition coefficient (Wildman–Crippen LogP) is 4.35. The van der Waals surface area contributed by atoms with Crippen LogP contribution in [0, 0.1) is 0 Å². The van der Waals surface area contributed by atoms with E-state index in [2.05, 4.69) is 32.7 Å². The average molecular weight is 417 g/mol. The zero-order valence-electron chi connectivity index (χ0n) is 18.0. The molecule has 0 unspecified atom stereocenters. The van der Waals surface area contributed by atoms with Crippen molar-refractivity contribution in [2.24, 2.45) is 0 Å². The highest BCUT2D eigenvalue weighted by Gasteiger charge is 2.10. The number of hydrogen-bond donors (Lipinski definition) is 2. The van der Waals surface area contributed by atoms with Crippen molar-refractivity contribution in [3.8, 4) is 11.3 Å². The number of aromatic nitrogens is 1. The van der Waals surface area contributed by atoms with Crippen LogP contribution in [0.3, 0.4) is 0 Å². The highest BCUT2D eigenvalue weighted by atomic mass is 16.2. The van der Waals surface area contributed by atoms with E-state index in [0.717, 1.165) is 24.2 Å². The fraction of sp³-hybridized carbons (Fsp3) is 0.240. The molecule has 3 rings (SSSR count). The van der Waals surface area contributed by atoms with E-state index >= 15 is 0 Å². The lowest BCUT2D eigenvalue weighted by atomic mass is 10.1. The number of para-hydroxylation sites is 1. The molecule has 0 spiro atoms. The van der Waals surface area contributed by atoms with Gasteiger partial charge >= 0.3 is 0 Å². The molecular weight excluding hydrogens is 388 g/mol. The molecule has 0 saturated carbocycles. The van der Waals surface area contributed by atoms with Crippen LogP contribution in [-0.4, -0.2) is 36.9 Å². The van der Waals surface area contributed by atoms with Crippen LogP contribution in [-0.2, 0) is 4.79 Å². The maximum absolute atomic E-state index is 12.5. The smallest absolute Gasteiger partial charge is 0.251 e. The minimum absolute atomic E-state index is 0.0665. The summed E-state index contributed by atoms with van der Waals surface area (Å²) in [5.74, 6) is -0.169. The lowest BCUT2D eigenvalue weighted by molar-refractivity contribution is -0.115. The van der Waals surface area contributed by atoms with Crippen LogP contribution >= 0.6 is 0 Å². The highest BCUT2D eigenvalue weighted by molar-refractivity contribution is 5.96. The van der Waals surface area contributed by atoms with E-state index in [1.165, 1.54) is 0 Å². The van der Waals surface area contributed by atoms with E-state index in [1.54, 1.807) is 31.3 Å². The number of nitrogens with zero attached hydrogens (tertiary/aromatic N) is 2. The van der Waals surface area contributed by atoms with E-state index in [-0.39, 0.29) is 11.8 Å². The van der Waals surface area contributed by atoms with Gasteiger partial charge in [0, 0.05) is 49.6 Å². The number of carbonyl (C=O) groups is 2. The van der Waals surface area contributed by atoms with Crippen molar-refractivity contribution in [1.82, 2.24) is 10.3 Å². The van der Waals surface area contributed by atoms with Gasteiger partial charge in [-0.25, -0.2) is 0 Å². The third kappa shape index (κ3) is 6.15. The zero-order valence-corrected chi connectivity index (χ0v) is 18.0. The van der Waals surface area contributed by atoms with Crippen molar-refractivity contribution in [1.29, 1.82) is 0 Å². The summed E-state index contributed by atoms with van der Waals surface area (Å²) in [6.07, 6.45) is 2.93. The quantitative estimate of drug-likeness (QED) is 0.509. The number of anilines is 2. The fourth-order valence-electron chi connectivity index (χ4n) is 3.19. The summed E-state index contributed by atoms with van der Waals surface area (Å²) < 4.78 is 0. The minimum Gasteiger partial charge on any atom is -0.375 e. The van der Waals surface area contributed by atoms with Gasteiger partial charge in [-0.3, -0.25) is 14.6 Å². The van der Waals surface area contributed by atoms with Gasteiger partial charge in [-0.15, -0.1) is 0 Å². The summed E-state index contributed by atoms with van der Waals surface area (Å²) in [4.78, 5) is 30.8. The molecule has 0 atom stereocenters. The second kappa shape index (κ2) is 10.9. The molecule has 3 aromatic rings. The first-order valence-corrected chi connectivity index (χ1v) is 10.5. The Labute approximate surface area is 183 Å². The summed E-state index contributed by atoms with van der Waals surface area (Å²) in [6.45, 7) is 3.26. The average Bonchev–Trinajstić information content (AvgIpc) is 2.82. The first-order chi connectivity index (χ1) is 15.1. The molecule has 2 N–H and O–H groups in total. The first-order valence-electron chi connectivity index (χ1n) is 10.5. The molecule has 1 aromatic heterocycles. The largest absolute Gasteiger partial charge is 0.375 e. The Kier molecular flexibility index (Phi) is 7.76. The molecule has 0 bridgehead atoms. The second-order valence-electron chi connectivity index (χ2n) is 7.25. The van der Waals surface area contributed by atoms with Crippen LogP contribution in [0.1, 0.15) is 30.1 Å². The Morgan fingerprint density at radius 2 is 1.71 bits per heavy atom. The van der Waals surface area contributed by atoms with Crippen molar-refractivity contribution in [3.63, 3.8) is 0 Å². The molecule has 1 heterocycles. The number of nitrogens with one attached hydrogen (secondary N) is 2. The van der Waals surface area contributed by atoms with Crippen molar-refractivity contribution in [3.05, 3.63) is 78.5 Å². The lowest BCUT2D eigenvalue weighted by Crippen LogP contribution is -2.28. The number of hydrogen-bond acceptors (Lipinski definition) is 4. The van der Waals surface area contributed by atoms with Crippen LogP contribution in [0.15, 0.2) is 72.9 Å². The van der Waals surface area contributed by atoms with Gasteiger partial charge in [-0.05, 0) is 42.8 Å². The maximum Gasteiger partial charge on any atom is 0.251 e. The molecule has 6 heteroatoms. The third-order valence-corrected chi connectivity index (χ3v) is 4.98. The van der Waals surface area contributed by atoms with Crippen LogP contribution in [0.2, 0.25) is 0 Å². The van der Waals surface area contributed by atoms with Crippen molar-refractivity contribution >= 4 is 23.2 Å². The van der Waals surface area contributed by atoms with Crippen molar-refractivity contribution in [2.75, 3.05) is 30.4 Å². The van der Waals surface area contributed by atoms with Crippen molar-refractivity contribution in [2.45, 2.75) is 19.8 Å². The van der Waals surface area contributed by atoms with Gasteiger partial charge in [0.25, 0.3) is 5.91 Å². The molecule has 160 valence electrons. The van der Waals surface area contributed by atoms with E-state index in [4.69, 9.17) is 0 Å². The molecule has 31 heavy (non-hydrogen) atoms. The number of benzene rings is 2. The Morgan fingerprint density at radius 3 is 2.42 bits per heavy atom. The third-order valence-electron chi connectivity index (χ3n) is 4.98. The predicted molar refractivity (Wildman–Crippen MR) is 125 cm³/mol. The Morgan fingerprint density at radius 1 is 0.968 bits per heavy atom. The molecule has 0 aliphatic heterocycles. The van der Waals surface area contributed by atoms with Gasteiger partial charge in [0.1, 0.15) is 0 Å². The molecule has 2 amide bonds. The van der Waals surface area contributed by atoms with E-state index in [1.807, 2.05) is 43.4 Å². The lowest BCUT2D eigenvalue weighted by Gasteiger charge is -2.19. The summed E-state index contributed by atoms with van der Waals surface area (Å²) in [7, 11) is 2.05. The SMILES string of the molecule is CCC(=O)Nc1cccnc1-c1ccc(C(=O)NCCCN(C)c2ccccc2)cc1. The standard InChI is InChI=1S/C25H28N4O2/c1-3-23(30)28-22-11-7-16-26-24(22)19-12-14-20(15-13-19)25(31)27-17-8-18-29(2)21-9-5-4-6-10-21/h4-7,9-16H,3,8,17-18H2,1-2H3,(H,27,31)(H,28,30). The van der Waals surface area contributed by atoms with Crippen LogP contribution in [0.25, 0.3) is 11.3 Å². The Hall–Kier alpha value is -3.67. The summed E-state index contributed by atoms with van der Waals surface area (Å²) in [6, 6.07) is 21.0. The monoisotopic (exact) mass is 416 g/mol. The van der Waals surface area contributed by atoms with Gasteiger partial charge in [-0.1, -0.05) is 37.3 Å². The van der Waals surface area contributed by atoms with Gasteiger partial charge in [-0.2, -0.15) is 0 Å². The Balaban J connectivity index is 1.54. The molecule has 0 radical (unpaired) electrons. The van der Waals surface area contributed by atoms with Crippen LogP contribution < -0.4 is 15.5 Å². The van der Waals surface area contributed by atoms with Gasteiger partial charge in [0.2, 0.25) is 5.91 Å². The molecule has 2 aromatic carbocycles. The number of carbonyl (C=O) groups excluding carboxylic acids is 2. The van der Waals surface area contributed by atoms with Crippen LogP contribution in [0.4, 0.5) is 11.4 Å². The number of rotatable bonds is 9. The van der Waals surface area contributed by atoms with E-state index in [9.17, 15) is 9.59 Å². The number of pyridine rings is 1. The van der Waals surface area contributed by atoms with E-state index in [0.29, 0.717) is 29.9 Å². The van der Waals surface area contributed by atoms with E-state index < -0.39 is 0 Å². The van der Waals surface area contributed by atoms with Crippen molar-refractivity contribution < 1.29 is 9.59 Å². The van der Waals surface area contributed by atoms with Gasteiger partial charge in [0.05, 0.1) is 11.4 Å². The number of amides is 2.